The Morgan fingerprint density at radius 1 is 1.17 bits per heavy atom. The first-order chi connectivity index (χ1) is 14.1. The molecule has 1 aliphatic rings. The third-order valence-electron chi connectivity index (χ3n) is 4.87. The van der Waals surface area contributed by atoms with Gasteiger partial charge in [0.2, 0.25) is 0 Å². The molecule has 3 aromatic rings. The molecule has 0 spiro atoms. The number of furan rings is 1. The van der Waals surface area contributed by atoms with Crippen LogP contribution in [0.2, 0.25) is 10.0 Å². The van der Waals surface area contributed by atoms with Gasteiger partial charge in [-0.15, -0.1) is 0 Å². The van der Waals surface area contributed by atoms with E-state index in [0.29, 0.717) is 34.1 Å². The van der Waals surface area contributed by atoms with Gasteiger partial charge in [-0.1, -0.05) is 35.3 Å². The zero-order valence-corrected chi connectivity index (χ0v) is 18.0. The van der Waals surface area contributed by atoms with Crippen molar-refractivity contribution in [1.29, 1.82) is 0 Å². The van der Waals surface area contributed by atoms with Crippen LogP contribution in [0.25, 0.3) is 11.3 Å². The summed E-state index contributed by atoms with van der Waals surface area (Å²) in [7, 11) is 1.67. The Morgan fingerprint density at radius 2 is 2.03 bits per heavy atom. The highest BCUT2D eigenvalue weighted by atomic mass is 35.5. The first-order valence-corrected chi connectivity index (χ1v) is 10.3. The van der Waals surface area contributed by atoms with Crippen molar-refractivity contribution < 1.29 is 9.15 Å². The maximum absolute atomic E-state index is 6.38. The molecule has 1 N–H and O–H groups in total. The van der Waals surface area contributed by atoms with Crippen LogP contribution in [0.15, 0.2) is 59.1 Å². The Hall–Kier alpha value is -2.12. The molecule has 150 valence electrons. The Kier molecular flexibility index (Phi) is 6.06. The van der Waals surface area contributed by atoms with Gasteiger partial charge in [-0.25, -0.2) is 0 Å². The Bertz CT molecular complexity index is 1010. The third kappa shape index (κ3) is 3.98. The lowest BCUT2D eigenvalue weighted by Gasteiger charge is -2.25. The maximum Gasteiger partial charge on any atom is 0.170 e. The SMILES string of the molecule is COCCN1C(=S)N[C@H](c2ccccn2)[C@@H]1c1ccc(-c2cccc(Cl)c2Cl)o1. The van der Waals surface area contributed by atoms with E-state index in [2.05, 4.69) is 15.2 Å². The van der Waals surface area contributed by atoms with Gasteiger partial charge in [0.25, 0.3) is 0 Å². The van der Waals surface area contributed by atoms with E-state index in [1.54, 1.807) is 19.4 Å². The van der Waals surface area contributed by atoms with Gasteiger partial charge in [-0.2, -0.15) is 0 Å². The summed E-state index contributed by atoms with van der Waals surface area (Å²) in [5.41, 5.74) is 1.63. The zero-order valence-electron chi connectivity index (χ0n) is 15.6. The minimum absolute atomic E-state index is 0.144. The number of pyridine rings is 1. The van der Waals surface area contributed by atoms with Crippen LogP contribution in [0.3, 0.4) is 0 Å². The van der Waals surface area contributed by atoms with E-state index in [-0.39, 0.29) is 12.1 Å². The zero-order chi connectivity index (χ0) is 20.4. The van der Waals surface area contributed by atoms with E-state index in [9.17, 15) is 0 Å². The molecular formula is C21H19Cl2N3O2S. The lowest BCUT2D eigenvalue weighted by Crippen LogP contribution is -2.32. The fourth-order valence-electron chi connectivity index (χ4n) is 3.50. The fraction of sp³-hybridized carbons (Fsp3) is 0.238. The average Bonchev–Trinajstić information content (AvgIpc) is 3.33. The molecule has 5 nitrogen and oxygen atoms in total. The number of thiocarbonyl (C=S) groups is 1. The molecule has 3 heterocycles. The number of nitrogens with zero attached hydrogens (tertiary/aromatic N) is 2. The molecule has 1 saturated heterocycles. The number of hydrogen-bond donors (Lipinski definition) is 1. The van der Waals surface area contributed by atoms with Crippen LogP contribution < -0.4 is 5.32 Å². The summed E-state index contributed by atoms with van der Waals surface area (Å²) in [4.78, 5) is 6.59. The van der Waals surface area contributed by atoms with Crippen molar-refractivity contribution in [2.24, 2.45) is 0 Å². The van der Waals surface area contributed by atoms with Gasteiger partial charge in [0.15, 0.2) is 5.11 Å². The summed E-state index contributed by atoms with van der Waals surface area (Å²) in [6.45, 7) is 1.17. The predicted molar refractivity (Wildman–Crippen MR) is 118 cm³/mol. The normalized spacial score (nSPS) is 18.9. The van der Waals surface area contributed by atoms with Crippen LogP contribution >= 0.6 is 35.4 Å². The number of hydrogen-bond acceptors (Lipinski definition) is 4. The van der Waals surface area contributed by atoms with Gasteiger partial charge < -0.3 is 19.4 Å². The molecule has 0 saturated carbocycles. The second kappa shape index (κ2) is 8.71. The van der Waals surface area contributed by atoms with E-state index < -0.39 is 0 Å². The number of methoxy groups -OCH3 is 1. The van der Waals surface area contributed by atoms with E-state index >= 15 is 0 Å². The molecule has 8 heteroatoms. The number of aromatic nitrogens is 1. The minimum atomic E-state index is -0.167. The van der Waals surface area contributed by atoms with E-state index in [4.69, 9.17) is 44.6 Å². The smallest absolute Gasteiger partial charge is 0.170 e. The number of halogens is 2. The predicted octanol–water partition coefficient (Wildman–Crippen LogP) is 5.27. The number of benzene rings is 1. The van der Waals surface area contributed by atoms with Gasteiger partial charge in [-0.05, 0) is 48.6 Å². The minimum Gasteiger partial charge on any atom is -0.459 e. The summed E-state index contributed by atoms with van der Waals surface area (Å²) in [6, 6.07) is 14.8. The average molecular weight is 448 g/mol. The fourth-order valence-corrected chi connectivity index (χ4v) is 4.22. The van der Waals surface area contributed by atoms with Crippen LogP contribution in [0.5, 0.6) is 0 Å². The number of rotatable bonds is 6. The lowest BCUT2D eigenvalue weighted by atomic mass is 10.0. The summed E-state index contributed by atoms with van der Waals surface area (Å²) in [5.74, 6) is 1.41. The van der Waals surface area contributed by atoms with Gasteiger partial charge >= 0.3 is 0 Å². The molecule has 1 aliphatic heterocycles. The van der Waals surface area contributed by atoms with Gasteiger partial charge in [-0.3, -0.25) is 4.98 Å². The molecule has 0 bridgehead atoms. The van der Waals surface area contributed by atoms with Crippen LogP contribution in [0, 0.1) is 0 Å². The molecule has 0 aliphatic carbocycles. The van der Waals surface area contributed by atoms with Crippen molar-refractivity contribution in [1.82, 2.24) is 15.2 Å². The molecule has 0 amide bonds. The molecule has 29 heavy (non-hydrogen) atoms. The van der Waals surface area contributed by atoms with Crippen LogP contribution in [-0.4, -0.2) is 35.3 Å². The van der Waals surface area contributed by atoms with Crippen LogP contribution in [0.4, 0.5) is 0 Å². The Balaban J connectivity index is 1.73. The Labute approximate surface area is 184 Å². The lowest BCUT2D eigenvalue weighted by molar-refractivity contribution is 0.158. The molecule has 0 radical (unpaired) electrons. The van der Waals surface area contributed by atoms with Crippen molar-refractivity contribution in [3.63, 3.8) is 0 Å². The first kappa shape index (κ1) is 20.2. The van der Waals surface area contributed by atoms with Crippen molar-refractivity contribution >= 4 is 40.5 Å². The quantitative estimate of drug-likeness (QED) is 0.519. The molecule has 2 atom stereocenters. The number of nitrogens with one attached hydrogen (secondary N) is 1. The molecule has 1 fully saturated rings. The number of ether oxygens (including phenoxy) is 1. The second-order valence-corrected chi connectivity index (χ2v) is 7.79. The Morgan fingerprint density at radius 3 is 2.79 bits per heavy atom. The van der Waals surface area contributed by atoms with Crippen molar-refractivity contribution in [2.45, 2.75) is 12.1 Å². The molecule has 0 unspecified atom stereocenters. The largest absolute Gasteiger partial charge is 0.459 e. The van der Waals surface area contributed by atoms with E-state index in [1.165, 1.54) is 0 Å². The first-order valence-electron chi connectivity index (χ1n) is 9.11. The molecule has 1 aromatic carbocycles. The summed E-state index contributed by atoms with van der Waals surface area (Å²) in [6.07, 6.45) is 1.77. The van der Waals surface area contributed by atoms with Crippen molar-refractivity contribution in [3.05, 3.63) is 76.2 Å². The van der Waals surface area contributed by atoms with Crippen LogP contribution in [0.1, 0.15) is 23.5 Å². The topological polar surface area (TPSA) is 50.5 Å². The highest BCUT2D eigenvalue weighted by molar-refractivity contribution is 7.80. The molecular weight excluding hydrogens is 429 g/mol. The van der Waals surface area contributed by atoms with Crippen LogP contribution in [-0.2, 0) is 4.74 Å². The third-order valence-corrected chi connectivity index (χ3v) is 6.04. The molecule has 4 rings (SSSR count). The second-order valence-electron chi connectivity index (χ2n) is 6.62. The maximum atomic E-state index is 6.38. The highest BCUT2D eigenvalue weighted by Crippen LogP contribution is 2.41. The summed E-state index contributed by atoms with van der Waals surface area (Å²) < 4.78 is 11.5. The molecule has 2 aromatic heterocycles. The van der Waals surface area contributed by atoms with Gasteiger partial charge in [0.1, 0.15) is 17.6 Å². The monoisotopic (exact) mass is 447 g/mol. The van der Waals surface area contributed by atoms with E-state index in [1.807, 2.05) is 42.5 Å². The van der Waals surface area contributed by atoms with Crippen molar-refractivity contribution in [2.75, 3.05) is 20.3 Å². The van der Waals surface area contributed by atoms with E-state index in [0.717, 1.165) is 17.0 Å². The summed E-state index contributed by atoms with van der Waals surface area (Å²) >= 11 is 18.1. The standard InChI is InChI=1S/C21H19Cl2N3O2S/c1-27-12-11-26-20(19(25-21(26)29)15-7-2-3-10-24-15)17-9-8-16(28-17)13-5-4-6-14(22)18(13)23/h2-10,19-20H,11-12H2,1H3,(H,25,29)/t19-,20+/m1/s1. The van der Waals surface area contributed by atoms with Crippen molar-refractivity contribution in [3.8, 4) is 11.3 Å². The summed E-state index contributed by atoms with van der Waals surface area (Å²) in [5, 5.41) is 4.97. The van der Waals surface area contributed by atoms with Gasteiger partial charge in [0.05, 0.1) is 28.4 Å². The highest BCUT2D eigenvalue weighted by Gasteiger charge is 2.41. The van der Waals surface area contributed by atoms with Gasteiger partial charge in [0, 0.05) is 25.4 Å².